The Kier molecular flexibility index (Phi) is 4.12. The van der Waals surface area contributed by atoms with Gasteiger partial charge in [-0.15, -0.1) is 0 Å². The van der Waals surface area contributed by atoms with Crippen LogP contribution in [0.5, 0.6) is 0 Å². The Hall–Kier alpha value is -3.61. The third-order valence-electron chi connectivity index (χ3n) is 4.24. The van der Waals surface area contributed by atoms with Crippen molar-refractivity contribution in [2.45, 2.75) is 20.1 Å². The predicted molar refractivity (Wildman–Crippen MR) is 97.5 cm³/mol. The number of hydrogen-bond donors (Lipinski definition) is 0. The van der Waals surface area contributed by atoms with Crippen LogP contribution >= 0.6 is 0 Å². The summed E-state index contributed by atoms with van der Waals surface area (Å²) in [7, 11) is 0. The van der Waals surface area contributed by atoms with Crippen LogP contribution in [-0.4, -0.2) is 10.5 Å². The van der Waals surface area contributed by atoms with Crippen molar-refractivity contribution in [2.24, 2.45) is 0 Å². The highest BCUT2D eigenvalue weighted by Gasteiger charge is 2.14. The molecule has 0 aliphatic rings. The van der Waals surface area contributed by atoms with Crippen LogP contribution in [0.4, 0.5) is 0 Å². The fourth-order valence-electron chi connectivity index (χ4n) is 2.95. The monoisotopic (exact) mass is 365 g/mol. The maximum atomic E-state index is 12.2. The highest BCUT2D eigenvalue weighted by Crippen LogP contribution is 2.19. The Morgan fingerprint density at radius 3 is 2.70 bits per heavy atom. The van der Waals surface area contributed by atoms with Crippen molar-refractivity contribution in [3.63, 3.8) is 0 Å². The van der Waals surface area contributed by atoms with Gasteiger partial charge in [0.05, 0.1) is 5.52 Å². The van der Waals surface area contributed by atoms with E-state index in [1.165, 1.54) is 10.6 Å². The minimum atomic E-state index is -0.630. The maximum absolute atomic E-state index is 12.2. The van der Waals surface area contributed by atoms with Gasteiger partial charge in [-0.05, 0) is 30.7 Å². The van der Waals surface area contributed by atoms with Gasteiger partial charge in [0.25, 0.3) is 0 Å². The van der Waals surface area contributed by atoms with Crippen LogP contribution in [0.15, 0.2) is 67.0 Å². The van der Waals surface area contributed by atoms with Gasteiger partial charge in [0.2, 0.25) is 0 Å². The SMILES string of the molecule is Cc1ccc2c(COC(=O)Cn3c(=O)oc4ccccc43)cc(=O)oc2c1. The van der Waals surface area contributed by atoms with Crippen molar-refractivity contribution >= 4 is 28.0 Å². The molecule has 0 aliphatic carbocycles. The molecule has 0 saturated carbocycles. The quantitative estimate of drug-likeness (QED) is 0.408. The lowest BCUT2D eigenvalue weighted by Crippen LogP contribution is -2.21. The molecule has 0 atom stereocenters. The molecule has 7 heteroatoms. The number of hydrogen-bond acceptors (Lipinski definition) is 6. The number of rotatable bonds is 4. The summed E-state index contributed by atoms with van der Waals surface area (Å²) in [6.45, 7) is 1.50. The number of nitrogens with zero attached hydrogens (tertiary/aromatic N) is 1. The fraction of sp³-hybridized carbons (Fsp3) is 0.150. The Bertz CT molecular complexity index is 1280. The highest BCUT2D eigenvalue weighted by atomic mass is 16.5. The second-order valence-corrected chi connectivity index (χ2v) is 6.17. The van der Waals surface area contributed by atoms with Crippen molar-refractivity contribution in [3.8, 4) is 0 Å². The van der Waals surface area contributed by atoms with Gasteiger partial charge in [0.1, 0.15) is 18.7 Å². The molecule has 27 heavy (non-hydrogen) atoms. The molecule has 0 unspecified atom stereocenters. The van der Waals surface area contributed by atoms with Gasteiger partial charge in [0, 0.05) is 17.0 Å². The van der Waals surface area contributed by atoms with Crippen molar-refractivity contribution in [1.29, 1.82) is 0 Å². The van der Waals surface area contributed by atoms with E-state index in [9.17, 15) is 14.4 Å². The zero-order valence-corrected chi connectivity index (χ0v) is 14.4. The summed E-state index contributed by atoms with van der Waals surface area (Å²) in [5.74, 6) is -1.24. The van der Waals surface area contributed by atoms with E-state index in [0.717, 1.165) is 5.56 Å². The molecule has 136 valence electrons. The summed E-state index contributed by atoms with van der Waals surface area (Å²) in [5.41, 5.74) is 2.32. The van der Waals surface area contributed by atoms with Gasteiger partial charge in [-0.1, -0.05) is 24.3 Å². The average Bonchev–Trinajstić information content (AvgIpc) is 2.94. The summed E-state index contributed by atoms with van der Waals surface area (Å²) in [4.78, 5) is 35.9. The summed E-state index contributed by atoms with van der Waals surface area (Å²) >= 11 is 0. The van der Waals surface area contributed by atoms with E-state index in [1.54, 1.807) is 30.3 Å². The van der Waals surface area contributed by atoms with E-state index in [2.05, 4.69) is 0 Å². The number of ether oxygens (including phenoxy) is 1. The molecule has 4 rings (SSSR count). The molecule has 2 heterocycles. The Morgan fingerprint density at radius 1 is 1.04 bits per heavy atom. The van der Waals surface area contributed by atoms with Crippen LogP contribution in [0.2, 0.25) is 0 Å². The number of aryl methyl sites for hydroxylation is 1. The van der Waals surface area contributed by atoms with Crippen LogP contribution in [0.25, 0.3) is 22.1 Å². The van der Waals surface area contributed by atoms with Crippen LogP contribution in [0, 0.1) is 6.92 Å². The second kappa shape index (κ2) is 6.60. The van der Waals surface area contributed by atoms with Crippen LogP contribution in [0.1, 0.15) is 11.1 Å². The van der Waals surface area contributed by atoms with Gasteiger partial charge < -0.3 is 13.6 Å². The molecule has 4 aromatic rings. The summed E-state index contributed by atoms with van der Waals surface area (Å²) in [6.07, 6.45) is 0. The standard InChI is InChI=1S/C20H15NO6/c1-12-6-7-14-13(9-18(22)26-17(14)8-12)11-25-19(23)10-21-15-4-2-3-5-16(15)27-20(21)24/h2-9H,10-11H2,1H3. The largest absolute Gasteiger partial charge is 0.459 e. The first-order valence-corrected chi connectivity index (χ1v) is 8.28. The second-order valence-electron chi connectivity index (χ2n) is 6.17. The number of fused-ring (bicyclic) bond motifs is 2. The minimum Gasteiger partial charge on any atom is -0.459 e. The molecule has 0 spiro atoms. The van der Waals surface area contributed by atoms with Crippen molar-refractivity contribution in [1.82, 2.24) is 4.57 Å². The maximum Gasteiger partial charge on any atom is 0.420 e. The average molecular weight is 365 g/mol. The smallest absolute Gasteiger partial charge is 0.420 e. The van der Waals surface area contributed by atoms with E-state index in [4.69, 9.17) is 13.6 Å². The molecule has 0 amide bonds. The van der Waals surface area contributed by atoms with Gasteiger partial charge in [-0.3, -0.25) is 9.36 Å². The Labute approximate surface area is 152 Å². The molecule has 0 aliphatic heterocycles. The van der Waals surface area contributed by atoms with Gasteiger partial charge in [-0.25, -0.2) is 9.59 Å². The topological polar surface area (TPSA) is 91.6 Å². The molecule has 0 saturated heterocycles. The number of carbonyl (C=O) groups excluding carboxylic acids is 1. The molecule has 2 aromatic heterocycles. The normalized spacial score (nSPS) is 11.1. The summed E-state index contributed by atoms with van der Waals surface area (Å²) < 4.78 is 16.8. The molecule has 2 aromatic carbocycles. The minimum absolute atomic E-state index is 0.103. The van der Waals surface area contributed by atoms with E-state index < -0.39 is 17.4 Å². The zero-order valence-electron chi connectivity index (χ0n) is 14.4. The number of aromatic nitrogens is 1. The number of oxazole rings is 1. The fourth-order valence-corrected chi connectivity index (χ4v) is 2.95. The molecule has 0 radical (unpaired) electrons. The summed E-state index contributed by atoms with van der Waals surface area (Å²) in [5, 5.41) is 0.693. The lowest BCUT2D eigenvalue weighted by molar-refractivity contribution is -0.145. The number of benzene rings is 2. The molecule has 7 nitrogen and oxygen atoms in total. The first-order chi connectivity index (χ1) is 13.0. The lowest BCUT2D eigenvalue weighted by atomic mass is 10.1. The highest BCUT2D eigenvalue weighted by molar-refractivity contribution is 5.81. The number of carbonyl (C=O) groups is 1. The van der Waals surface area contributed by atoms with Gasteiger partial charge in [-0.2, -0.15) is 0 Å². The van der Waals surface area contributed by atoms with Crippen molar-refractivity contribution in [2.75, 3.05) is 0 Å². The van der Waals surface area contributed by atoms with Crippen molar-refractivity contribution < 1.29 is 18.4 Å². The number of esters is 1. The first kappa shape index (κ1) is 16.8. The van der Waals surface area contributed by atoms with E-state index in [0.29, 0.717) is 27.6 Å². The number of para-hydroxylation sites is 2. The van der Waals surface area contributed by atoms with E-state index >= 15 is 0 Å². The van der Waals surface area contributed by atoms with Gasteiger partial charge in [0.15, 0.2) is 5.58 Å². The lowest BCUT2D eigenvalue weighted by Gasteiger charge is -2.08. The van der Waals surface area contributed by atoms with Crippen molar-refractivity contribution in [3.05, 3.63) is 80.6 Å². The molecule has 0 N–H and O–H groups in total. The molecular weight excluding hydrogens is 350 g/mol. The predicted octanol–water partition coefficient (Wildman–Crippen LogP) is 2.75. The zero-order chi connectivity index (χ0) is 19.0. The van der Waals surface area contributed by atoms with E-state index in [1.807, 2.05) is 19.1 Å². The van der Waals surface area contributed by atoms with Crippen LogP contribution in [0.3, 0.4) is 0 Å². The Balaban J connectivity index is 1.56. The molecule has 0 fully saturated rings. The third kappa shape index (κ3) is 3.27. The summed E-state index contributed by atoms with van der Waals surface area (Å²) in [6, 6.07) is 13.6. The molecular formula is C20H15NO6. The van der Waals surface area contributed by atoms with Crippen LogP contribution in [-0.2, 0) is 22.7 Å². The van der Waals surface area contributed by atoms with E-state index in [-0.39, 0.29) is 13.2 Å². The first-order valence-electron chi connectivity index (χ1n) is 8.28. The third-order valence-corrected chi connectivity index (χ3v) is 4.24. The van der Waals surface area contributed by atoms with Crippen LogP contribution < -0.4 is 11.4 Å². The Morgan fingerprint density at radius 2 is 1.85 bits per heavy atom. The van der Waals surface area contributed by atoms with Gasteiger partial charge >= 0.3 is 17.4 Å². The molecule has 0 bridgehead atoms.